The summed E-state index contributed by atoms with van der Waals surface area (Å²) in [5.41, 5.74) is 0. The Kier molecular flexibility index (Phi) is 9.19. The van der Waals surface area contributed by atoms with Gasteiger partial charge in [-0.25, -0.2) is 13.1 Å². The van der Waals surface area contributed by atoms with Gasteiger partial charge in [-0.15, -0.1) is 25.6 Å². The molecule has 0 fully saturated rings. The quantitative estimate of drug-likeness (QED) is 0.672. The second-order valence-electron chi connectivity index (χ2n) is 4.76. The normalized spacial score (nSPS) is 11.6. The summed E-state index contributed by atoms with van der Waals surface area (Å²) < 4.78 is 65.9. The Morgan fingerprint density at radius 2 is 1.80 bits per heavy atom. The highest BCUT2D eigenvalue weighted by Gasteiger charge is 2.31. The van der Waals surface area contributed by atoms with Gasteiger partial charge >= 0.3 is 6.36 Å². The summed E-state index contributed by atoms with van der Waals surface area (Å²) >= 11 is 0. The van der Waals surface area contributed by atoms with Crippen LogP contribution in [0.4, 0.5) is 13.2 Å². The molecule has 0 aliphatic heterocycles. The molecule has 0 saturated carbocycles. The zero-order valence-electron chi connectivity index (χ0n) is 13.5. The van der Waals surface area contributed by atoms with Crippen LogP contribution in [-0.4, -0.2) is 59.3 Å². The molecule has 0 unspecified atom stereocenters. The number of sulfonamides is 1. The van der Waals surface area contributed by atoms with Gasteiger partial charge < -0.3 is 15.0 Å². The zero-order valence-corrected chi connectivity index (χ0v) is 15.1. The molecule has 0 aliphatic rings. The van der Waals surface area contributed by atoms with Gasteiger partial charge in [0.05, 0.1) is 11.4 Å². The van der Waals surface area contributed by atoms with Gasteiger partial charge in [0.15, 0.2) is 0 Å². The van der Waals surface area contributed by atoms with Crippen LogP contribution < -0.4 is 14.8 Å². The summed E-state index contributed by atoms with van der Waals surface area (Å²) in [5, 5.41) is 2.85. The Morgan fingerprint density at radius 1 is 1.24 bits per heavy atom. The van der Waals surface area contributed by atoms with Crippen molar-refractivity contribution >= 4 is 28.3 Å². The van der Waals surface area contributed by atoms with Crippen LogP contribution in [0.1, 0.15) is 0 Å². The smallest absolute Gasteiger partial charge is 0.406 e. The van der Waals surface area contributed by atoms with Crippen molar-refractivity contribution in [1.82, 2.24) is 14.9 Å². The maximum atomic E-state index is 12.1. The van der Waals surface area contributed by atoms with Gasteiger partial charge in [0.1, 0.15) is 5.75 Å². The molecule has 0 heterocycles. The molecule has 0 aliphatic carbocycles. The standard InChI is InChI=1S/C13H18F3N3O4S.ClH/c1-17-7-8-19(2)12(20)9-18-24(21,22)11-5-3-10(4-6-11)23-13(14,15)16;/h3-6,17-18H,7-9H2,1-2H3;1H. The molecule has 1 aromatic carbocycles. The van der Waals surface area contributed by atoms with E-state index in [1.807, 2.05) is 0 Å². The van der Waals surface area contributed by atoms with Crippen molar-refractivity contribution in [3.8, 4) is 5.75 Å². The lowest BCUT2D eigenvalue weighted by molar-refractivity contribution is -0.274. The van der Waals surface area contributed by atoms with Crippen molar-refractivity contribution < 1.29 is 31.1 Å². The van der Waals surface area contributed by atoms with Crippen LogP contribution in [0.3, 0.4) is 0 Å². The fraction of sp³-hybridized carbons (Fsp3) is 0.462. The molecule has 1 aromatic rings. The van der Waals surface area contributed by atoms with Crippen LogP contribution >= 0.6 is 12.4 Å². The maximum absolute atomic E-state index is 12.1. The monoisotopic (exact) mass is 405 g/mol. The van der Waals surface area contributed by atoms with Gasteiger partial charge in [-0.1, -0.05) is 0 Å². The van der Waals surface area contributed by atoms with Crippen LogP contribution in [0.5, 0.6) is 5.75 Å². The molecule has 7 nitrogen and oxygen atoms in total. The number of carbonyl (C=O) groups excluding carboxylic acids is 1. The van der Waals surface area contributed by atoms with E-state index in [2.05, 4.69) is 14.8 Å². The zero-order chi connectivity index (χ0) is 18.4. The summed E-state index contributed by atoms with van der Waals surface area (Å²) in [7, 11) is -0.779. The number of nitrogens with one attached hydrogen (secondary N) is 2. The molecule has 0 spiro atoms. The fourth-order valence-corrected chi connectivity index (χ4v) is 2.57. The number of hydrogen-bond acceptors (Lipinski definition) is 5. The van der Waals surface area contributed by atoms with Gasteiger partial charge in [-0.2, -0.15) is 0 Å². The Bertz CT molecular complexity index is 653. The third-order valence-electron chi connectivity index (χ3n) is 2.90. The van der Waals surface area contributed by atoms with E-state index < -0.39 is 34.6 Å². The molecule has 25 heavy (non-hydrogen) atoms. The molecule has 12 heteroatoms. The van der Waals surface area contributed by atoms with Crippen molar-refractivity contribution in [3.05, 3.63) is 24.3 Å². The minimum atomic E-state index is -4.86. The number of benzene rings is 1. The first kappa shape index (κ1) is 23.4. The van der Waals surface area contributed by atoms with Crippen molar-refractivity contribution in [1.29, 1.82) is 0 Å². The summed E-state index contributed by atoms with van der Waals surface area (Å²) in [6.07, 6.45) is -4.86. The van der Waals surface area contributed by atoms with Crippen molar-refractivity contribution in [2.75, 3.05) is 33.7 Å². The highest BCUT2D eigenvalue weighted by atomic mass is 35.5. The molecule has 0 radical (unpaired) electrons. The minimum Gasteiger partial charge on any atom is -0.406 e. The topological polar surface area (TPSA) is 87.7 Å². The average molecular weight is 406 g/mol. The molecular weight excluding hydrogens is 387 g/mol. The predicted molar refractivity (Wildman–Crippen MR) is 87.1 cm³/mol. The number of ether oxygens (including phenoxy) is 1. The van der Waals surface area contributed by atoms with E-state index in [1.165, 1.54) is 11.9 Å². The van der Waals surface area contributed by atoms with Crippen LogP contribution in [0.15, 0.2) is 29.2 Å². The van der Waals surface area contributed by atoms with E-state index in [0.717, 1.165) is 24.3 Å². The van der Waals surface area contributed by atoms with Crippen LogP contribution in [0.2, 0.25) is 0 Å². The van der Waals surface area contributed by atoms with E-state index in [1.54, 1.807) is 7.05 Å². The Balaban J connectivity index is 0.00000576. The van der Waals surface area contributed by atoms with E-state index in [9.17, 15) is 26.4 Å². The van der Waals surface area contributed by atoms with Gasteiger partial charge in [0.2, 0.25) is 15.9 Å². The number of halogens is 4. The molecule has 0 bridgehead atoms. The SMILES string of the molecule is CNCCN(C)C(=O)CNS(=O)(=O)c1ccc(OC(F)(F)F)cc1.Cl. The molecule has 0 atom stereocenters. The molecule has 0 saturated heterocycles. The van der Waals surface area contributed by atoms with Crippen LogP contribution in [0, 0.1) is 0 Å². The largest absolute Gasteiger partial charge is 0.573 e. The number of likely N-dealkylation sites (N-methyl/N-ethyl adjacent to an activating group) is 2. The summed E-state index contributed by atoms with van der Waals surface area (Å²) in [6.45, 7) is 0.500. The second-order valence-corrected chi connectivity index (χ2v) is 6.53. The average Bonchev–Trinajstić information content (AvgIpc) is 2.49. The summed E-state index contributed by atoms with van der Waals surface area (Å²) in [6, 6.07) is 3.67. The number of alkyl halides is 3. The van der Waals surface area contributed by atoms with E-state index in [0.29, 0.717) is 13.1 Å². The summed E-state index contributed by atoms with van der Waals surface area (Å²) in [5.74, 6) is -0.977. The van der Waals surface area contributed by atoms with Gasteiger partial charge in [0, 0.05) is 20.1 Å². The van der Waals surface area contributed by atoms with E-state index in [-0.39, 0.29) is 17.3 Å². The highest BCUT2D eigenvalue weighted by Crippen LogP contribution is 2.23. The molecule has 0 aromatic heterocycles. The highest BCUT2D eigenvalue weighted by molar-refractivity contribution is 7.89. The Morgan fingerprint density at radius 3 is 2.28 bits per heavy atom. The number of hydrogen-bond donors (Lipinski definition) is 2. The van der Waals surface area contributed by atoms with Crippen LogP contribution in [-0.2, 0) is 14.8 Å². The van der Waals surface area contributed by atoms with Gasteiger partial charge in [0.25, 0.3) is 0 Å². The lowest BCUT2D eigenvalue weighted by Gasteiger charge is -2.17. The van der Waals surface area contributed by atoms with Crippen molar-refractivity contribution in [3.63, 3.8) is 0 Å². The molecule has 2 N–H and O–H groups in total. The van der Waals surface area contributed by atoms with Crippen LogP contribution in [0.25, 0.3) is 0 Å². The second kappa shape index (κ2) is 9.80. The molecular formula is C13H19ClF3N3O4S. The first-order chi connectivity index (χ1) is 11.0. The predicted octanol–water partition coefficient (Wildman–Crippen LogP) is 0.963. The Hall–Kier alpha value is -1.56. The number of nitrogens with zero attached hydrogens (tertiary/aromatic N) is 1. The first-order valence-corrected chi connectivity index (χ1v) is 8.27. The third-order valence-corrected chi connectivity index (χ3v) is 4.32. The maximum Gasteiger partial charge on any atom is 0.573 e. The van der Waals surface area contributed by atoms with Crippen molar-refractivity contribution in [2.45, 2.75) is 11.3 Å². The minimum absolute atomic E-state index is 0. The summed E-state index contributed by atoms with van der Waals surface area (Å²) in [4.78, 5) is 12.8. The molecule has 1 rings (SSSR count). The van der Waals surface area contributed by atoms with E-state index in [4.69, 9.17) is 0 Å². The fourth-order valence-electron chi connectivity index (χ4n) is 1.60. The molecule has 144 valence electrons. The van der Waals surface area contributed by atoms with Crippen molar-refractivity contribution in [2.24, 2.45) is 0 Å². The Labute approximate surface area is 150 Å². The first-order valence-electron chi connectivity index (χ1n) is 6.79. The third kappa shape index (κ3) is 8.38. The number of carbonyl (C=O) groups is 1. The van der Waals surface area contributed by atoms with E-state index >= 15 is 0 Å². The lowest BCUT2D eigenvalue weighted by Crippen LogP contribution is -2.40. The lowest BCUT2D eigenvalue weighted by atomic mass is 10.3. The van der Waals surface area contributed by atoms with Gasteiger partial charge in [-0.3, -0.25) is 4.79 Å². The molecule has 1 amide bonds. The number of rotatable bonds is 8. The number of amides is 1. The van der Waals surface area contributed by atoms with Gasteiger partial charge in [-0.05, 0) is 31.3 Å².